The molecule has 2 aromatic carbocycles. The second kappa shape index (κ2) is 15.3. The predicted molar refractivity (Wildman–Crippen MR) is 177 cm³/mol. The van der Waals surface area contributed by atoms with E-state index in [1.54, 1.807) is 68.4 Å². The van der Waals surface area contributed by atoms with E-state index in [-0.39, 0.29) is 36.9 Å². The Labute approximate surface area is 275 Å². The zero-order chi connectivity index (χ0) is 34.4. The van der Waals surface area contributed by atoms with Crippen LogP contribution in [-0.2, 0) is 45.8 Å². The number of ketones is 1. The minimum atomic E-state index is -4.20. The average Bonchev–Trinajstić information content (AvgIpc) is 3.59. The van der Waals surface area contributed by atoms with Gasteiger partial charge in [-0.15, -0.1) is 0 Å². The van der Waals surface area contributed by atoms with Gasteiger partial charge >= 0.3 is 0 Å². The SMILES string of the molecule is Cc1ccc(N(C(=O)C(=O)[C@H](C[C@@H]2CCNC2=O)NC(=O)[C@H](CC(C)C)NS(=O)(=O)NCc2ccccc2)C2C=CS(=O)(=O)C2)cc1. The van der Waals surface area contributed by atoms with Crippen molar-refractivity contribution < 1.29 is 36.0 Å². The van der Waals surface area contributed by atoms with Crippen molar-refractivity contribution in [3.63, 3.8) is 0 Å². The topological polar surface area (TPSA) is 188 Å². The molecular formula is C32H41N5O8S2. The number of benzene rings is 2. The molecule has 13 nitrogen and oxygen atoms in total. The van der Waals surface area contributed by atoms with E-state index < -0.39 is 67.4 Å². The van der Waals surface area contributed by atoms with Gasteiger partial charge in [0.2, 0.25) is 17.6 Å². The third-order valence-electron chi connectivity index (χ3n) is 7.93. The summed E-state index contributed by atoms with van der Waals surface area (Å²) in [5.41, 5.74) is 1.85. The van der Waals surface area contributed by atoms with E-state index in [0.717, 1.165) is 15.9 Å². The molecule has 2 aliphatic heterocycles. The lowest BCUT2D eigenvalue weighted by molar-refractivity contribution is -0.139. The lowest BCUT2D eigenvalue weighted by Crippen LogP contribution is -2.57. The predicted octanol–water partition coefficient (Wildman–Crippen LogP) is 1.26. The number of hydrogen-bond donors (Lipinski definition) is 4. The summed E-state index contributed by atoms with van der Waals surface area (Å²) in [6.07, 6.45) is 1.55. The van der Waals surface area contributed by atoms with Crippen molar-refractivity contribution in [3.05, 3.63) is 77.2 Å². The van der Waals surface area contributed by atoms with Crippen molar-refractivity contribution in [2.75, 3.05) is 17.2 Å². The largest absolute Gasteiger partial charge is 0.356 e. The maximum Gasteiger partial charge on any atom is 0.297 e. The Morgan fingerprint density at radius 1 is 1.02 bits per heavy atom. The summed E-state index contributed by atoms with van der Waals surface area (Å²) in [5.74, 6) is -4.60. The molecule has 15 heteroatoms. The van der Waals surface area contributed by atoms with E-state index in [4.69, 9.17) is 0 Å². The van der Waals surface area contributed by atoms with Crippen LogP contribution in [0, 0.1) is 18.8 Å². The summed E-state index contributed by atoms with van der Waals surface area (Å²) in [7, 11) is -7.82. The second-order valence-electron chi connectivity index (χ2n) is 12.3. The molecule has 0 radical (unpaired) electrons. The van der Waals surface area contributed by atoms with Gasteiger partial charge in [-0.2, -0.15) is 17.9 Å². The number of Topliss-reactive ketones (excluding diaryl/α,β-unsaturated/α-hetero) is 1. The number of nitrogens with one attached hydrogen (secondary N) is 4. The first-order valence-corrected chi connectivity index (χ1v) is 18.6. The normalized spacial score (nSPS) is 20.0. The lowest BCUT2D eigenvalue weighted by atomic mass is 9.94. The van der Waals surface area contributed by atoms with Crippen LogP contribution in [0.25, 0.3) is 0 Å². The van der Waals surface area contributed by atoms with Gasteiger partial charge in [0.15, 0.2) is 9.84 Å². The van der Waals surface area contributed by atoms with Gasteiger partial charge in [0.25, 0.3) is 16.1 Å². The van der Waals surface area contributed by atoms with Crippen molar-refractivity contribution in [3.8, 4) is 0 Å². The standard InChI is InChI=1S/C32H41N5O8S2/c1-21(2)17-28(36-47(44,45)34-19-23-7-5-4-6-8-23)31(40)35-27(18-24-13-15-33-30(24)39)29(38)32(41)37(25-11-9-22(3)10-12-25)26-14-16-46(42,43)20-26/h4-12,14,16,21,24,26-28,34,36H,13,15,17-20H2,1-3H3,(H,33,39)(H,35,40)/t24-,26?,27-,28-/m0/s1. The first-order valence-electron chi connectivity index (χ1n) is 15.4. The number of rotatable bonds is 15. The molecule has 0 spiro atoms. The number of amides is 3. The molecule has 4 atom stereocenters. The summed E-state index contributed by atoms with van der Waals surface area (Å²) >= 11 is 0. The van der Waals surface area contributed by atoms with Crippen molar-refractivity contribution in [2.45, 2.75) is 64.7 Å². The molecule has 2 aliphatic rings. The zero-order valence-electron chi connectivity index (χ0n) is 26.5. The lowest BCUT2D eigenvalue weighted by Gasteiger charge is -2.30. The van der Waals surface area contributed by atoms with E-state index in [1.165, 1.54) is 6.08 Å². The highest BCUT2D eigenvalue weighted by Crippen LogP contribution is 2.25. The van der Waals surface area contributed by atoms with Crippen molar-refractivity contribution in [1.82, 2.24) is 20.1 Å². The number of sulfone groups is 1. The van der Waals surface area contributed by atoms with E-state index >= 15 is 0 Å². The summed E-state index contributed by atoms with van der Waals surface area (Å²) in [6.45, 7) is 5.75. The maximum absolute atomic E-state index is 14.0. The van der Waals surface area contributed by atoms with Crippen LogP contribution >= 0.6 is 0 Å². The molecule has 1 unspecified atom stereocenters. The van der Waals surface area contributed by atoms with Crippen LogP contribution in [0.15, 0.2) is 66.1 Å². The molecule has 1 saturated heterocycles. The Morgan fingerprint density at radius 2 is 1.70 bits per heavy atom. The number of hydrogen-bond acceptors (Lipinski definition) is 8. The molecule has 47 heavy (non-hydrogen) atoms. The minimum Gasteiger partial charge on any atom is -0.356 e. The second-order valence-corrected chi connectivity index (χ2v) is 15.7. The molecular weight excluding hydrogens is 647 g/mol. The Kier molecular flexibility index (Phi) is 11.7. The molecule has 0 bridgehead atoms. The number of anilines is 1. The third-order valence-corrected chi connectivity index (χ3v) is 10.4. The number of carbonyl (C=O) groups is 4. The number of carbonyl (C=O) groups excluding carboxylic acids is 4. The van der Waals surface area contributed by atoms with Gasteiger partial charge in [-0.3, -0.25) is 24.1 Å². The fraction of sp³-hybridized carbons (Fsp3) is 0.438. The average molecular weight is 688 g/mol. The first kappa shape index (κ1) is 35.9. The minimum absolute atomic E-state index is 0.0290. The highest BCUT2D eigenvalue weighted by Gasteiger charge is 2.40. The van der Waals surface area contributed by atoms with E-state index in [0.29, 0.717) is 18.5 Å². The van der Waals surface area contributed by atoms with Crippen molar-refractivity contribution in [2.24, 2.45) is 11.8 Å². The Balaban J connectivity index is 1.60. The van der Waals surface area contributed by atoms with Crippen LogP contribution in [0.2, 0.25) is 0 Å². The fourth-order valence-electron chi connectivity index (χ4n) is 5.49. The van der Waals surface area contributed by atoms with Gasteiger partial charge in [0.1, 0.15) is 6.04 Å². The molecule has 4 rings (SSSR count). The summed E-state index contributed by atoms with van der Waals surface area (Å²) in [5, 5.41) is 6.23. The van der Waals surface area contributed by atoms with Crippen LogP contribution in [0.4, 0.5) is 5.69 Å². The smallest absolute Gasteiger partial charge is 0.297 e. The van der Waals surface area contributed by atoms with Gasteiger partial charge in [0, 0.05) is 30.1 Å². The highest BCUT2D eigenvalue weighted by molar-refractivity contribution is 7.94. The zero-order valence-corrected chi connectivity index (χ0v) is 28.1. The van der Waals surface area contributed by atoms with Crippen LogP contribution < -0.4 is 25.0 Å². The molecule has 0 aromatic heterocycles. The first-order chi connectivity index (χ1) is 22.1. The molecule has 0 aliphatic carbocycles. The summed E-state index contributed by atoms with van der Waals surface area (Å²) in [6, 6.07) is 11.6. The summed E-state index contributed by atoms with van der Waals surface area (Å²) < 4.78 is 55.3. The van der Waals surface area contributed by atoms with Crippen molar-refractivity contribution in [1.29, 1.82) is 0 Å². The van der Waals surface area contributed by atoms with Gasteiger partial charge in [-0.25, -0.2) is 8.42 Å². The Bertz CT molecular complexity index is 1710. The quantitative estimate of drug-likeness (QED) is 0.202. The molecule has 254 valence electrons. The molecule has 2 aromatic rings. The summed E-state index contributed by atoms with van der Waals surface area (Å²) in [4.78, 5) is 55.3. The van der Waals surface area contributed by atoms with E-state index in [9.17, 15) is 36.0 Å². The van der Waals surface area contributed by atoms with Gasteiger partial charge in [-0.1, -0.05) is 61.9 Å². The monoisotopic (exact) mass is 687 g/mol. The molecule has 4 N–H and O–H groups in total. The number of aryl methyl sites for hydroxylation is 1. The molecule has 2 heterocycles. The molecule has 0 saturated carbocycles. The van der Waals surface area contributed by atoms with Crippen LogP contribution in [-0.4, -0.2) is 70.8 Å². The van der Waals surface area contributed by atoms with Crippen LogP contribution in [0.5, 0.6) is 0 Å². The fourth-order valence-corrected chi connectivity index (χ4v) is 7.78. The molecule has 3 amide bonds. The van der Waals surface area contributed by atoms with Gasteiger partial charge < -0.3 is 10.6 Å². The van der Waals surface area contributed by atoms with Crippen LogP contribution in [0.1, 0.15) is 44.2 Å². The maximum atomic E-state index is 14.0. The number of nitrogens with zero attached hydrogens (tertiary/aromatic N) is 1. The van der Waals surface area contributed by atoms with Gasteiger partial charge in [-0.05, 0) is 55.9 Å². The third kappa shape index (κ3) is 10.0. The van der Waals surface area contributed by atoms with Crippen molar-refractivity contribution >= 4 is 49.2 Å². The van der Waals surface area contributed by atoms with E-state index in [2.05, 4.69) is 20.1 Å². The van der Waals surface area contributed by atoms with Gasteiger partial charge in [0.05, 0.1) is 17.8 Å². The van der Waals surface area contributed by atoms with Crippen LogP contribution in [0.3, 0.4) is 0 Å². The molecule has 1 fully saturated rings. The Hall–Kier alpha value is -3.92. The Morgan fingerprint density at radius 3 is 2.28 bits per heavy atom. The highest BCUT2D eigenvalue weighted by atomic mass is 32.2. The van der Waals surface area contributed by atoms with E-state index in [1.807, 2.05) is 6.92 Å².